The van der Waals surface area contributed by atoms with Gasteiger partial charge in [0.05, 0.1) is 12.8 Å². The summed E-state index contributed by atoms with van der Waals surface area (Å²) in [4.78, 5) is 17.3. The van der Waals surface area contributed by atoms with E-state index >= 15 is 0 Å². The molecule has 2 heterocycles. The van der Waals surface area contributed by atoms with E-state index in [9.17, 15) is 4.79 Å². The Labute approximate surface area is 149 Å². The lowest BCUT2D eigenvalue weighted by Crippen LogP contribution is -2.43. The van der Waals surface area contributed by atoms with Crippen LogP contribution in [0.15, 0.2) is 53.1 Å². The summed E-state index contributed by atoms with van der Waals surface area (Å²) < 4.78 is 5.52. The number of nitrogens with zero attached hydrogens (tertiary/aromatic N) is 2. The van der Waals surface area contributed by atoms with Gasteiger partial charge in [-0.3, -0.25) is 9.69 Å². The van der Waals surface area contributed by atoms with Crippen LogP contribution in [-0.2, 0) is 6.54 Å². The van der Waals surface area contributed by atoms with E-state index in [0.29, 0.717) is 17.9 Å². The van der Waals surface area contributed by atoms with Gasteiger partial charge in [-0.25, -0.2) is 0 Å². The van der Waals surface area contributed by atoms with Crippen molar-refractivity contribution in [1.82, 2.24) is 9.80 Å². The van der Waals surface area contributed by atoms with E-state index in [1.54, 1.807) is 6.26 Å². The molecule has 1 aliphatic heterocycles. The minimum Gasteiger partial charge on any atom is -0.468 e. The zero-order chi connectivity index (χ0) is 17.2. The van der Waals surface area contributed by atoms with Gasteiger partial charge in [0.25, 0.3) is 5.91 Å². The fourth-order valence-electron chi connectivity index (χ4n) is 4.68. The van der Waals surface area contributed by atoms with Gasteiger partial charge in [0.1, 0.15) is 5.76 Å². The number of carbonyl (C=O) groups is 1. The highest BCUT2D eigenvalue weighted by atomic mass is 16.3. The summed E-state index contributed by atoms with van der Waals surface area (Å²) in [7, 11) is 2.19. The maximum atomic E-state index is 12.8. The molecule has 0 unspecified atom stereocenters. The zero-order valence-corrected chi connectivity index (χ0v) is 14.8. The van der Waals surface area contributed by atoms with Gasteiger partial charge in [-0.15, -0.1) is 0 Å². The molecule has 1 saturated carbocycles. The number of hydrogen-bond donors (Lipinski definition) is 0. The first kappa shape index (κ1) is 16.4. The third kappa shape index (κ3) is 3.36. The maximum absolute atomic E-state index is 12.8. The first-order chi connectivity index (χ1) is 12.2. The summed E-state index contributed by atoms with van der Waals surface area (Å²) >= 11 is 0. The molecule has 4 heteroatoms. The second kappa shape index (κ2) is 7.04. The molecule has 1 aromatic carbocycles. The van der Waals surface area contributed by atoms with Crippen LogP contribution in [0.4, 0.5) is 0 Å². The quantitative estimate of drug-likeness (QED) is 0.854. The van der Waals surface area contributed by atoms with Crippen molar-refractivity contribution < 1.29 is 9.21 Å². The van der Waals surface area contributed by atoms with Gasteiger partial charge in [-0.1, -0.05) is 24.6 Å². The number of carbonyl (C=O) groups excluding carboxylic acids is 1. The average molecular weight is 338 g/mol. The Morgan fingerprint density at radius 3 is 2.76 bits per heavy atom. The van der Waals surface area contributed by atoms with Gasteiger partial charge in [0.15, 0.2) is 0 Å². The highest BCUT2D eigenvalue weighted by Crippen LogP contribution is 2.39. The first-order valence-electron chi connectivity index (χ1n) is 9.29. The Morgan fingerprint density at radius 2 is 2.00 bits per heavy atom. The number of rotatable bonds is 4. The van der Waals surface area contributed by atoms with E-state index in [1.807, 2.05) is 42.5 Å². The standard InChI is InChI=1S/C21H26N2O2/c1-22(14-18-10-6-12-25-18)20-11-5-9-17-13-23(15-19(17)20)21(24)16-7-3-2-4-8-16/h2-4,6-8,10,12,17,19-20H,5,9,11,13-15H2,1H3/t17-,19+,20+/m0/s1. The van der Waals surface area contributed by atoms with Crippen LogP contribution in [0, 0.1) is 11.8 Å². The Hall–Kier alpha value is -2.07. The van der Waals surface area contributed by atoms with Crippen LogP contribution < -0.4 is 0 Å². The molecule has 1 aliphatic carbocycles. The van der Waals surface area contributed by atoms with Gasteiger partial charge in [0.2, 0.25) is 0 Å². The molecule has 4 nitrogen and oxygen atoms in total. The predicted octanol–water partition coefficient (Wildman–Crippen LogP) is 3.65. The van der Waals surface area contributed by atoms with Crippen molar-refractivity contribution in [2.24, 2.45) is 11.8 Å². The van der Waals surface area contributed by atoms with Gasteiger partial charge < -0.3 is 9.32 Å². The van der Waals surface area contributed by atoms with E-state index in [1.165, 1.54) is 19.3 Å². The highest BCUT2D eigenvalue weighted by Gasteiger charge is 2.43. The summed E-state index contributed by atoms with van der Waals surface area (Å²) in [6, 6.07) is 14.2. The molecule has 0 N–H and O–H groups in total. The molecular weight excluding hydrogens is 312 g/mol. The summed E-state index contributed by atoms with van der Waals surface area (Å²) in [5.41, 5.74) is 0.807. The molecule has 0 spiro atoms. The van der Waals surface area contributed by atoms with Crippen LogP contribution in [0.2, 0.25) is 0 Å². The van der Waals surface area contributed by atoms with Gasteiger partial charge in [-0.05, 0) is 56.0 Å². The van der Waals surface area contributed by atoms with Crippen molar-refractivity contribution in [2.45, 2.75) is 31.8 Å². The number of fused-ring (bicyclic) bond motifs is 1. The van der Waals surface area contributed by atoms with Crippen LogP contribution in [0.5, 0.6) is 0 Å². The molecule has 2 fully saturated rings. The van der Waals surface area contributed by atoms with E-state index < -0.39 is 0 Å². The molecule has 3 atom stereocenters. The fraction of sp³-hybridized carbons (Fsp3) is 0.476. The zero-order valence-electron chi connectivity index (χ0n) is 14.8. The fourth-order valence-corrected chi connectivity index (χ4v) is 4.68. The van der Waals surface area contributed by atoms with Crippen LogP contribution in [0.3, 0.4) is 0 Å². The van der Waals surface area contributed by atoms with E-state index in [-0.39, 0.29) is 5.91 Å². The molecule has 0 radical (unpaired) electrons. The largest absolute Gasteiger partial charge is 0.468 e. The summed E-state index contributed by atoms with van der Waals surface area (Å²) in [6.07, 6.45) is 5.45. The minimum absolute atomic E-state index is 0.183. The molecule has 2 aromatic rings. The predicted molar refractivity (Wildman–Crippen MR) is 97.1 cm³/mol. The molecule has 1 amide bonds. The van der Waals surface area contributed by atoms with Gasteiger partial charge >= 0.3 is 0 Å². The summed E-state index contributed by atoms with van der Waals surface area (Å²) in [5, 5.41) is 0. The number of benzene rings is 1. The molecular formula is C21H26N2O2. The smallest absolute Gasteiger partial charge is 0.253 e. The molecule has 2 aliphatic rings. The third-order valence-electron chi connectivity index (χ3n) is 5.92. The second-order valence-corrected chi connectivity index (χ2v) is 7.49. The van der Waals surface area contributed by atoms with E-state index in [2.05, 4.69) is 16.8 Å². The van der Waals surface area contributed by atoms with Crippen molar-refractivity contribution >= 4 is 5.91 Å². The summed E-state index contributed by atoms with van der Waals surface area (Å²) in [5.74, 6) is 2.40. The monoisotopic (exact) mass is 338 g/mol. The number of amides is 1. The lowest BCUT2D eigenvalue weighted by molar-refractivity contribution is 0.0767. The molecule has 1 aromatic heterocycles. The number of likely N-dealkylation sites (tertiary alicyclic amines) is 1. The SMILES string of the molecule is CN(Cc1ccco1)[C@@H]1CCC[C@H]2CN(C(=O)c3ccccc3)C[C@H]21. The Bertz CT molecular complexity index is 698. The Balaban J connectivity index is 1.45. The van der Waals surface area contributed by atoms with Crippen molar-refractivity contribution in [3.05, 3.63) is 60.1 Å². The second-order valence-electron chi connectivity index (χ2n) is 7.49. The topological polar surface area (TPSA) is 36.7 Å². The number of hydrogen-bond acceptors (Lipinski definition) is 3. The normalized spacial score (nSPS) is 26.0. The van der Waals surface area contributed by atoms with Crippen molar-refractivity contribution in [3.63, 3.8) is 0 Å². The van der Waals surface area contributed by atoms with E-state index in [4.69, 9.17) is 4.42 Å². The lowest BCUT2D eigenvalue weighted by Gasteiger charge is -2.38. The van der Waals surface area contributed by atoms with Crippen molar-refractivity contribution in [1.29, 1.82) is 0 Å². The van der Waals surface area contributed by atoms with Gasteiger partial charge in [-0.2, -0.15) is 0 Å². The van der Waals surface area contributed by atoms with Crippen LogP contribution in [0.25, 0.3) is 0 Å². The molecule has 25 heavy (non-hydrogen) atoms. The molecule has 4 rings (SSSR count). The lowest BCUT2D eigenvalue weighted by atomic mass is 9.77. The van der Waals surface area contributed by atoms with Crippen LogP contribution in [0.1, 0.15) is 35.4 Å². The van der Waals surface area contributed by atoms with Crippen LogP contribution >= 0.6 is 0 Å². The summed E-state index contributed by atoms with van der Waals surface area (Å²) in [6.45, 7) is 2.63. The average Bonchev–Trinajstić information content (AvgIpc) is 3.30. The van der Waals surface area contributed by atoms with E-state index in [0.717, 1.165) is 31.0 Å². The maximum Gasteiger partial charge on any atom is 0.253 e. The van der Waals surface area contributed by atoms with Crippen molar-refractivity contribution in [3.8, 4) is 0 Å². The molecule has 1 saturated heterocycles. The molecule has 132 valence electrons. The van der Waals surface area contributed by atoms with Gasteiger partial charge in [0, 0.05) is 24.7 Å². The number of furan rings is 1. The Kier molecular flexibility index (Phi) is 4.62. The minimum atomic E-state index is 0.183. The first-order valence-corrected chi connectivity index (χ1v) is 9.29. The highest BCUT2D eigenvalue weighted by molar-refractivity contribution is 5.94. The van der Waals surface area contributed by atoms with Crippen LogP contribution in [-0.4, -0.2) is 41.9 Å². The van der Waals surface area contributed by atoms with Crippen molar-refractivity contribution in [2.75, 3.05) is 20.1 Å². The third-order valence-corrected chi connectivity index (χ3v) is 5.92. The molecule has 0 bridgehead atoms. The Morgan fingerprint density at radius 1 is 1.16 bits per heavy atom.